The molecule has 2 aromatic heterocycles. The van der Waals surface area contributed by atoms with E-state index < -0.39 is 0 Å². The molecule has 0 atom stereocenters. The van der Waals surface area contributed by atoms with Crippen molar-refractivity contribution in [3.05, 3.63) is 82.1 Å². The largest absolute Gasteiger partial charge is 0.495 e. The number of aromatic nitrogens is 4. The minimum atomic E-state index is 0.0191. The maximum Gasteiger partial charge on any atom is 0.273 e. The highest BCUT2D eigenvalue weighted by atomic mass is 32.2. The topological polar surface area (TPSA) is 76.4 Å². The molecular weight excluding hydrogens is 504 g/mol. The van der Waals surface area contributed by atoms with Gasteiger partial charge < -0.3 is 14.5 Å². The maximum absolute atomic E-state index is 13.0. The van der Waals surface area contributed by atoms with Gasteiger partial charge in [0, 0.05) is 38.0 Å². The lowest BCUT2D eigenvalue weighted by Gasteiger charge is -2.33. The van der Waals surface area contributed by atoms with E-state index in [1.807, 2.05) is 52.7 Å². The molecule has 192 valence electrons. The molecule has 37 heavy (non-hydrogen) atoms. The molecular formula is C27H30N6O2S2. The Morgan fingerprint density at radius 2 is 1.78 bits per heavy atom. The molecule has 0 N–H and O–H groups in total. The third-order valence-electron chi connectivity index (χ3n) is 6.43. The fraction of sp³-hybridized carbons (Fsp3) is 0.333. The number of piperazine rings is 1. The number of hydrogen-bond acceptors (Lipinski definition) is 8. The van der Waals surface area contributed by atoms with E-state index in [1.54, 1.807) is 18.9 Å². The third kappa shape index (κ3) is 5.87. The van der Waals surface area contributed by atoms with E-state index in [-0.39, 0.29) is 5.91 Å². The van der Waals surface area contributed by atoms with Crippen LogP contribution in [-0.4, -0.2) is 75.3 Å². The number of likely N-dealkylation sites (N-methyl/N-ethyl adjacent to an activating group) is 1. The van der Waals surface area contributed by atoms with Gasteiger partial charge in [-0.05, 0) is 24.2 Å². The average molecular weight is 535 g/mol. The summed E-state index contributed by atoms with van der Waals surface area (Å²) in [5.41, 5.74) is 2.58. The number of thiazole rings is 1. The summed E-state index contributed by atoms with van der Waals surface area (Å²) in [7, 11) is 1.67. The van der Waals surface area contributed by atoms with Crippen molar-refractivity contribution in [2.45, 2.75) is 24.3 Å². The Bertz CT molecular complexity index is 1330. The lowest BCUT2D eigenvalue weighted by atomic mass is 10.1. The minimum absolute atomic E-state index is 0.0191. The highest BCUT2D eigenvalue weighted by Crippen LogP contribution is 2.31. The number of amides is 1. The van der Waals surface area contributed by atoms with E-state index in [1.165, 1.54) is 11.3 Å². The molecule has 0 aliphatic carbocycles. The van der Waals surface area contributed by atoms with Crippen molar-refractivity contribution >= 4 is 29.0 Å². The first-order valence-electron chi connectivity index (χ1n) is 12.4. The molecule has 8 nitrogen and oxygen atoms in total. The van der Waals surface area contributed by atoms with E-state index in [0.29, 0.717) is 17.9 Å². The number of carbonyl (C=O) groups is 1. The predicted molar refractivity (Wildman–Crippen MR) is 147 cm³/mol. The van der Waals surface area contributed by atoms with Gasteiger partial charge in [-0.1, -0.05) is 61.2 Å². The van der Waals surface area contributed by atoms with Gasteiger partial charge >= 0.3 is 0 Å². The monoisotopic (exact) mass is 534 g/mol. The molecule has 1 saturated heterocycles. The Hall–Kier alpha value is -3.21. The van der Waals surface area contributed by atoms with Crippen LogP contribution in [0.4, 0.5) is 0 Å². The first kappa shape index (κ1) is 25.4. The number of carbonyl (C=O) groups excluding carboxylic acids is 1. The summed E-state index contributed by atoms with van der Waals surface area (Å²) in [5.74, 6) is 2.20. The first-order valence-corrected chi connectivity index (χ1v) is 14.2. The number of ether oxygens (including phenoxy) is 1. The maximum atomic E-state index is 13.0. The van der Waals surface area contributed by atoms with Crippen LogP contribution >= 0.6 is 23.1 Å². The minimum Gasteiger partial charge on any atom is -0.495 e. The Morgan fingerprint density at radius 1 is 1.03 bits per heavy atom. The van der Waals surface area contributed by atoms with Gasteiger partial charge in [-0.2, -0.15) is 0 Å². The van der Waals surface area contributed by atoms with Crippen molar-refractivity contribution < 1.29 is 9.53 Å². The van der Waals surface area contributed by atoms with Crippen LogP contribution in [0.25, 0.3) is 5.69 Å². The molecule has 0 spiro atoms. The zero-order chi connectivity index (χ0) is 25.6. The van der Waals surface area contributed by atoms with Gasteiger partial charge in [0.25, 0.3) is 5.91 Å². The van der Waals surface area contributed by atoms with Gasteiger partial charge in [-0.3, -0.25) is 9.36 Å². The number of rotatable bonds is 9. The Kier molecular flexibility index (Phi) is 8.18. The molecule has 1 aliphatic rings. The van der Waals surface area contributed by atoms with Crippen molar-refractivity contribution in [1.29, 1.82) is 0 Å². The molecule has 0 radical (unpaired) electrons. The summed E-state index contributed by atoms with van der Waals surface area (Å²) in [6.07, 6.45) is 0.646. The highest BCUT2D eigenvalue weighted by Gasteiger charge is 2.24. The number of para-hydroxylation sites is 2. The van der Waals surface area contributed by atoms with Gasteiger partial charge in [0.05, 0.1) is 18.6 Å². The van der Waals surface area contributed by atoms with Crippen LogP contribution in [0.2, 0.25) is 0 Å². The van der Waals surface area contributed by atoms with Gasteiger partial charge in [0.1, 0.15) is 22.3 Å². The normalized spacial score (nSPS) is 14.2. The Morgan fingerprint density at radius 3 is 2.54 bits per heavy atom. The van der Waals surface area contributed by atoms with Crippen LogP contribution in [0.1, 0.15) is 33.8 Å². The van der Waals surface area contributed by atoms with E-state index in [2.05, 4.69) is 43.7 Å². The second-order valence-electron chi connectivity index (χ2n) is 8.71. The van der Waals surface area contributed by atoms with E-state index in [4.69, 9.17) is 4.74 Å². The number of benzene rings is 2. The van der Waals surface area contributed by atoms with Crippen molar-refractivity contribution in [2.24, 2.45) is 0 Å². The summed E-state index contributed by atoms with van der Waals surface area (Å²) >= 11 is 3.07. The summed E-state index contributed by atoms with van der Waals surface area (Å²) in [6, 6.07) is 18.1. The van der Waals surface area contributed by atoms with E-state index in [9.17, 15) is 4.79 Å². The van der Waals surface area contributed by atoms with Gasteiger partial charge in [-0.25, -0.2) is 4.98 Å². The van der Waals surface area contributed by atoms with Crippen molar-refractivity contribution in [3.8, 4) is 11.4 Å². The van der Waals surface area contributed by atoms with Crippen LogP contribution in [0.5, 0.6) is 5.75 Å². The van der Waals surface area contributed by atoms with E-state index >= 15 is 0 Å². The van der Waals surface area contributed by atoms with Crippen molar-refractivity contribution in [1.82, 2.24) is 29.5 Å². The zero-order valence-electron chi connectivity index (χ0n) is 21.0. The second-order valence-corrected chi connectivity index (χ2v) is 10.6. The lowest BCUT2D eigenvalue weighted by Crippen LogP contribution is -2.48. The highest BCUT2D eigenvalue weighted by molar-refractivity contribution is 7.98. The van der Waals surface area contributed by atoms with Crippen LogP contribution in [0.15, 0.2) is 65.1 Å². The molecule has 0 bridgehead atoms. The number of methoxy groups -OCH3 is 1. The zero-order valence-corrected chi connectivity index (χ0v) is 22.7. The van der Waals surface area contributed by atoms with E-state index in [0.717, 1.165) is 65.7 Å². The second kappa shape index (κ2) is 11.9. The van der Waals surface area contributed by atoms with Crippen molar-refractivity contribution in [3.63, 3.8) is 0 Å². The fourth-order valence-electron chi connectivity index (χ4n) is 4.37. The predicted octanol–water partition coefficient (Wildman–Crippen LogP) is 4.39. The van der Waals surface area contributed by atoms with Crippen LogP contribution in [0, 0.1) is 0 Å². The first-order chi connectivity index (χ1) is 18.2. The number of thioether (sulfide) groups is 1. The van der Waals surface area contributed by atoms with Crippen LogP contribution in [0.3, 0.4) is 0 Å². The molecule has 1 amide bonds. The molecule has 10 heteroatoms. The summed E-state index contributed by atoms with van der Waals surface area (Å²) in [5, 5.41) is 12.6. The average Bonchev–Trinajstić information content (AvgIpc) is 3.59. The lowest BCUT2D eigenvalue weighted by molar-refractivity contribution is 0.0638. The standard InChI is InChI=1S/C27H30N6O2S2/c1-3-31-13-15-32(16-14-31)26(34)21-18-36-25(28-21)19-37-27-30-29-24(17-20-9-5-4-6-10-20)33(27)22-11-7-8-12-23(22)35-2/h4-12,18H,3,13-17,19H2,1-2H3. The smallest absolute Gasteiger partial charge is 0.273 e. The van der Waals surface area contributed by atoms with Gasteiger partial charge in [0.2, 0.25) is 0 Å². The SMILES string of the molecule is CCN1CCN(C(=O)c2csc(CSc3nnc(Cc4ccccc4)n3-c3ccccc3OC)n2)CC1. The molecule has 4 aromatic rings. The molecule has 2 aromatic carbocycles. The number of hydrogen-bond donors (Lipinski definition) is 0. The molecule has 1 aliphatic heterocycles. The van der Waals surface area contributed by atoms with Gasteiger partial charge in [-0.15, -0.1) is 21.5 Å². The van der Waals surface area contributed by atoms with Crippen LogP contribution < -0.4 is 4.74 Å². The molecule has 5 rings (SSSR count). The fourth-order valence-corrected chi connectivity index (χ4v) is 6.12. The summed E-state index contributed by atoms with van der Waals surface area (Å²) in [6.45, 7) is 6.51. The van der Waals surface area contributed by atoms with Gasteiger partial charge in [0.15, 0.2) is 5.16 Å². The summed E-state index contributed by atoms with van der Waals surface area (Å²) in [4.78, 5) is 21.9. The number of nitrogens with zero attached hydrogens (tertiary/aromatic N) is 6. The van der Waals surface area contributed by atoms with Crippen molar-refractivity contribution in [2.75, 3.05) is 39.8 Å². The molecule has 1 fully saturated rings. The third-order valence-corrected chi connectivity index (χ3v) is 8.41. The Labute approximate surface area is 225 Å². The van der Waals surface area contributed by atoms with Crippen LogP contribution in [-0.2, 0) is 12.2 Å². The Balaban J connectivity index is 1.34. The molecule has 3 heterocycles. The summed E-state index contributed by atoms with van der Waals surface area (Å²) < 4.78 is 7.71. The molecule has 0 saturated carbocycles. The quantitative estimate of drug-likeness (QED) is 0.295. The molecule has 0 unspecified atom stereocenters.